The number of hydrogen-bond acceptors (Lipinski definition) is 3. The third kappa shape index (κ3) is 8.48. The van der Waals surface area contributed by atoms with Gasteiger partial charge in [0, 0.05) is 19.8 Å². The van der Waals surface area contributed by atoms with Gasteiger partial charge in [0.25, 0.3) is 0 Å². The van der Waals surface area contributed by atoms with Crippen LogP contribution in [0.3, 0.4) is 0 Å². The van der Waals surface area contributed by atoms with Crippen LogP contribution in [0.5, 0.6) is 0 Å². The van der Waals surface area contributed by atoms with Crippen molar-refractivity contribution in [1.82, 2.24) is 5.32 Å². The van der Waals surface area contributed by atoms with Gasteiger partial charge in [-0.25, -0.2) is 0 Å². The highest BCUT2D eigenvalue weighted by Gasteiger charge is 2.06. The summed E-state index contributed by atoms with van der Waals surface area (Å²) in [6.45, 7) is 6.40. The van der Waals surface area contributed by atoms with Crippen LogP contribution in [-0.2, 0) is 4.74 Å². The standard InChI is InChI=1S/C11H25NO2/c1-10(2)5-4-7-12-11(6-8-13)9-14-3/h10-13H,4-9H2,1-3H3. The number of aliphatic hydroxyl groups is 1. The van der Waals surface area contributed by atoms with E-state index in [1.807, 2.05) is 0 Å². The Kier molecular flexibility index (Phi) is 9.35. The van der Waals surface area contributed by atoms with Crippen LogP contribution in [0.25, 0.3) is 0 Å². The molecule has 0 aromatic heterocycles. The third-order valence-electron chi connectivity index (χ3n) is 2.24. The molecule has 0 saturated carbocycles. The van der Waals surface area contributed by atoms with Gasteiger partial charge in [-0.05, 0) is 31.7 Å². The fourth-order valence-electron chi connectivity index (χ4n) is 1.42. The summed E-state index contributed by atoms with van der Waals surface area (Å²) in [4.78, 5) is 0. The fourth-order valence-corrected chi connectivity index (χ4v) is 1.42. The van der Waals surface area contributed by atoms with Crippen LogP contribution < -0.4 is 5.32 Å². The third-order valence-corrected chi connectivity index (χ3v) is 2.24. The largest absolute Gasteiger partial charge is 0.396 e. The molecule has 0 aliphatic rings. The average Bonchev–Trinajstić information content (AvgIpc) is 2.12. The van der Waals surface area contributed by atoms with E-state index in [0.717, 1.165) is 18.9 Å². The molecule has 1 atom stereocenters. The number of ether oxygens (including phenoxy) is 1. The van der Waals surface area contributed by atoms with Crippen LogP contribution in [-0.4, -0.2) is 38.0 Å². The highest BCUT2D eigenvalue weighted by Crippen LogP contribution is 2.02. The minimum Gasteiger partial charge on any atom is -0.396 e. The maximum Gasteiger partial charge on any atom is 0.0616 e. The Hall–Kier alpha value is -0.120. The van der Waals surface area contributed by atoms with Crippen LogP contribution in [0.2, 0.25) is 0 Å². The first-order chi connectivity index (χ1) is 6.70. The van der Waals surface area contributed by atoms with Crippen LogP contribution in [0.15, 0.2) is 0 Å². The zero-order valence-corrected chi connectivity index (χ0v) is 9.75. The van der Waals surface area contributed by atoms with E-state index in [4.69, 9.17) is 9.84 Å². The van der Waals surface area contributed by atoms with Gasteiger partial charge in [0.15, 0.2) is 0 Å². The van der Waals surface area contributed by atoms with Crippen molar-refractivity contribution < 1.29 is 9.84 Å². The topological polar surface area (TPSA) is 41.5 Å². The van der Waals surface area contributed by atoms with Gasteiger partial charge in [0.05, 0.1) is 6.61 Å². The molecule has 0 aliphatic carbocycles. The predicted octanol–water partition coefficient (Wildman–Crippen LogP) is 1.41. The van der Waals surface area contributed by atoms with E-state index in [1.165, 1.54) is 12.8 Å². The van der Waals surface area contributed by atoms with Gasteiger partial charge < -0.3 is 15.2 Å². The van der Waals surface area contributed by atoms with Crippen molar-refractivity contribution in [2.45, 2.75) is 39.2 Å². The predicted molar refractivity (Wildman–Crippen MR) is 59.4 cm³/mol. The van der Waals surface area contributed by atoms with Gasteiger partial charge in [-0.15, -0.1) is 0 Å². The van der Waals surface area contributed by atoms with E-state index in [9.17, 15) is 0 Å². The maximum absolute atomic E-state index is 8.81. The quantitative estimate of drug-likeness (QED) is 0.557. The van der Waals surface area contributed by atoms with E-state index in [2.05, 4.69) is 19.2 Å². The number of rotatable bonds is 9. The molecule has 1 unspecified atom stereocenters. The van der Waals surface area contributed by atoms with Crippen molar-refractivity contribution in [3.05, 3.63) is 0 Å². The summed E-state index contributed by atoms with van der Waals surface area (Å²) in [5.74, 6) is 0.774. The lowest BCUT2D eigenvalue weighted by molar-refractivity contribution is 0.148. The Morgan fingerprint density at radius 3 is 2.50 bits per heavy atom. The summed E-state index contributed by atoms with van der Waals surface area (Å²) >= 11 is 0. The second-order valence-electron chi connectivity index (χ2n) is 4.15. The molecule has 0 heterocycles. The number of methoxy groups -OCH3 is 1. The number of nitrogens with one attached hydrogen (secondary N) is 1. The first-order valence-corrected chi connectivity index (χ1v) is 5.53. The summed E-state index contributed by atoms with van der Waals surface area (Å²) in [5, 5.41) is 12.2. The molecule has 2 N–H and O–H groups in total. The molecule has 0 saturated heterocycles. The number of hydrogen-bond donors (Lipinski definition) is 2. The highest BCUT2D eigenvalue weighted by molar-refractivity contribution is 4.65. The zero-order chi connectivity index (χ0) is 10.8. The Morgan fingerprint density at radius 2 is 2.00 bits per heavy atom. The molecule has 0 aliphatic heterocycles. The van der Waals surface area contributed by atoms with Gasteiger partial charge >= 0.3 is 0 Å². The zero-order valence-electron chi connectivity index (χ0n) is 9.75. The van der Waals surface area contributed by atoms with Crippen molar-refractivity contribution in [3.8, 4) is 0 Å². The summed E-state index contributed by atoms with van der Waals surface area (Å²) in [5.41, 5.74) is 0. The van der Waals surface area contributed by atoms with E-state index < -0.39 is 0 Å². The monoisotopic (exact) mass is 203 g/mol. The van der Waals surface area contributed by atoms with E-state index >= 15 is 0 Å². The van der Waals surface area contributed by atoms with Crippen LogP contribution in [0.4, 0.5) is 0 Å². The molecule has 0 radical (unpaired) electrons. The minimum absolute atomic E-state index is 0.227. The lowest BCUT2D eigenvalue weighted by Crippen LogP contribution is -2.34. The summed E-state index contributed by atoms with van der Waals surface area (Å²) in [6.07, 6.45) is 3.23. The Balaban J connectivity index is 3.40. The summed E-state index contributed by atoms with van der Waals surface area (Å²) in [7, 11) is 1.69. The second-order valence-corrected chi connectivity index (χ2v) is 4.15. The van der Waals surface area contributed by atoms with Crippen molar-refractivity contribution in [2.24, 2.45) is 5.92 Å². The molecule has 0 fully saturated rings. The van der Waals surface area contributed by atoms with E-state index in [1.54, 1.807) is 7.11 Å². The van der Waals surface area contributed by atoms with Gasteiger partial charge in [-0.3, -0.25) is 0 Å². The first-order valence-electron chi connectivity index (χ1n) is 5.53. The SMILES string of the molecule is COCC(CCO)NCCCC(C)C. The molecule has 0 aromatic carbocycles. The Labute approximate surface area is 87.8 Å². The summed E-state index contributed by atoms with van der Waals surface area (Å²) < 4.78 is 5.06. The molecule has 3 nitrogen and oxygen atoms in total. The van der Waals surface area contributed by atoms with Crippen molar-refractivity contribution in [1.29, 1.82) is 0 Å². The van der Waals surface area contributed by atoms with Crippen molar-refractivity contribution >= 4 is 0 Å². The summed E-state index contributed by atoms with van der Waals surface area (Å²) in [6, 6.07) is 0.303. The number of aliphatic hydroxyl groups excluding tert-OH is 1. The Morgan fingerprint density at radius 1 is 1.29 bits per heavy atom. The molecule has 14 heavy (non-hydrogen) atoms. The van der Waals surface area contributed by atoms with Crippen molar-refractivity contribution in [3.63, 3.8) is 0 Å². The van der Waals surface area contributed by atoms with E-state index in [-0.39, 0.29) is 6.61 Å². The lowest BCUT2D eigenvalue weighted by Gasteiger charge is -2.16. The molecule has 0 aromatic rings. The molecule has 86 valence electrons. The van der Waals surface area contributed by atoms with Gasteiger partial charge in [0.1, 0.15) is 0 Å². The molecule has 0 rings (SSSR count). The first kappa shape index (κ1) is 13.9. The fraction of sp³-hybridized carbons (Fsp3) is 1.00. The molecular weight excluding hydrogens is 178 g/mol. The lowest BCUT2D eigenvalue weighted by atomic mass is 10.1. The van der Waals surface area contributed by atoms with Gasteiger partial charge in [-0.1, -0.05) is 13.8 Å². The normalized spacial score (nSPS) is 13.5. The average molecular weight is 203 g/mol. The van der Waals surface area contributed by atoms with Gasteiger partial charge in [0.2, 0.25) is 0 Å². The van der Waals surface area contributed by atoms with Crippen LogP contribution in [0, 0.1) is 5.92 Å². The highest BCUT2D eigenvalue weighted by atomic mass is 16.5. The molecule has 0 bridgehead atoms. The van der Waals surface area contributed by atoms with Crippen LogP contribution in [0.1, 0.15) is 33.1 Å². The molecular formula is C11H25NO2. The minimum atomic E-state index is 0.227. The maximum atomic E-state index is 8.81. The molecule has 0 amide bonds. The van der Waals surface area contributed by atoms with Crippen molar-refractivity contribution in [2.75, 3.05) is 26.9 Å². The van der Waals surface area contributed by atoms with E-state index in [0.29, 0.717) is 12.6 Å². The van der Waals surface area contributed by atoms with Gasteiger partial charge in [-0.2, -0.15) is 0 Å². The second kappa shape index (κ2) is 9.44. The smallest absolute Gasteiger partial charge is 0.0616 e. The molecule has 3 heteroatoms. The molecule has 0 spiro atoms. The Bertz CT molecular complexity index is 112. The van der Waals surface area contributed by atoms with Crippen LogP contribution >= 0.6 is 0 Å².